The van der Waals surface area contributed by atoms with Gasteiger partial charge < -0.3 is 4.84 Å². The fourth-order valence-corrected chi connectivity index (χ4v) is 6.84. The smallest absolute Gasteiger partial charge is 0.117 e. The molecular weight excluding hydrogens is 510 g/mol. The molecule has 222 valence electrons. The van der Waals surface area contributed by atoms with E-state index in [1.165, 1.54) is 145 Å². The molecule has 0 amide bonds. The Bertz CT molecular complexity index is 1480. The average Bonchev–Trinajstić information content (AvgIpc) is 3.03. The first kappa shape index (κ1) is 30.3. The van der Waals surface area contributed by atoms with Gasteiger partial charge in [0.1, 0.15) is 6.61 Å². The van der Waals surface area contributed by atoms with E-state index in [-0.39, 0.29) is 0 Å². The van der Waals surface area contributed by atoms with Crippen molar-refractivity contribution in [1.82, 2.24) is 0 Å². The van der Waals surface area contributed by atoms with Gasteiger partial charge in [0.05, 0.1) is 0 Å². The van der Waals surface area contributed by atoms with E-state index < -0.39 is 0 Å². The number of oxime groups is 1. The molecule has 0 atom stereocenters. The molecule has 0 aliphatic rings. The van der Waals surface area contributed by atoms with Gasteiger partial charge in [0.15, 0.2) is 0 Å². The summed E-state index contributed by atoms with van der Waals surface area (Å²) in [4.78, 5) is 5.62. The van der Waals surface area contributed by atoms with Crippen molar-refractivity contribution in [3.63, 3.8) is 0 Å². The Labute approximate surface area is 253 Å². The van der Waals surface area contributed by atoms with Gasteiger partial charge in [-0.3, -0.25) is 0 Å². The highest BCUT2D eigenvalue weighted by atomic mass is 16.6. The van der Waals surface area contributed by atoms with E-state index in [9.17, 15) is 0 Å². The molecule has 0 aliphatic carbocycles. The van der Waals surface area contributed by atoms with Crippen LogP contribution in [-0.2, 0) is 11.3 Å². The van der Waals surface area contributed by atoms with Gasteiger partial charge in [0.2, 0.25) is 0 Å². The van der Waals surface area contributed by atoms with Crippen LogP contribution in [0.15, 0.2) is 71.9 Å². The predicted octanol–water partition coefficient (Wildman–Crippen LogP) is 12.5. The van der Waals surface area contributed by atoms with Crippen molar-refractivity contribution in [3.05, 3.63) is 72.3 Å². The van der Waals surface area contributed by atoms with Crippen molar-refractivity contribution in [3.8, 4) is 0 Å². The Morgan fingerprint density at radius 2 is 0.976 bits per heavy atom. The summed E-state index contributed by atoms with van der Waals surface area (Å²) in [5, 5.41) is 15.0. The van der Waals surface area contributed by atoms with Crippen LogP contribution in [0.5, 0.6) is 0 Å². The molecule has 5 rings (SSSR count). The molecule has 2 heteroatoms. The summed E-state index contributed by atoms with van der Waals surface area (Å²) in [6, 6.07) is 24.6. The quantitative estimate of drug-likeness (QED) is 0.0304. The first-order chi connectivity index (χ1) is 20.9. The number of unbranched alkanes of at least 4 members (excludes halogenated alkanes) is 15. The van der Waals surface area contributed by atoms with Crippen LogP contribution >= 0.6 is 0 Å². The molecule has 5 aromatic rings. The maximum absolute atomic E-state index is 5.62. The lowest BCUT2D eigenvalue weighted by Gasteiger charge is -2.15. The Morgan fingerprint density at radius 1 is 0.500 bits per heavy atom. The maximum atomic E-state index is 5.62. The minimum atomic E-state index is 0.722. The van der Waals surface area contributed by atoms with Gasteiger partial charge in [-0.05, 0) is 61.5 Å². The molecule has 0 N–H and O–H groups in total. The molecule has 0 spiro atoms. The second kappa shape index (κ2) is 16.5. The van der Waals surface area contributed by atoms with Crippen LogP contribution in [0.2, 0.25) is 0 Å². The van der Waals surface area contributed by atoms with Gasteiger partial charge in [-0.15, -0.1) is 0 Å². The lowest BCUT2D eigenvalue weighted by atomic mass is 9.88. The van der Waals surface area contributed by atoms with Crippen LogP contribution in [0.25, 0.3) is 43.1 Å². The van der Waals surface area contributed by atoms with Crippen molar-refractivity contribution in [2.75, 3.05) is 6.61 Å². The third kappa shape index (κ3) is 7.82. The predicted molar refractivity (Wildman–Crippen MR) is 185 cm³/mol. The van der Waals surface area contributed by atoms with Gasteiger partial charge in [0, 0.05) is 12.6 Å². The minimum Gasteiger partial charge on any atom is -0.396 e. The molecule has 0 aliphatic heterocycles. The Kier molecular flexibility index (Phi) is 11.9. The summed E-state index contributed by atoms with van der Waals surface area (Å²) in [7, 11) is 0. The molecule has 0 saturated heterocycles. The highest BCUT2D eigenvalue weighted by molar-refractivity contribution is 6.33. The summed E-state index contributed by atoms with van der Waals surface area (Å²) in [6.45, 7) is 3.02. The fraction of sp³-hybridized carbons (Fsp3) is 0.475. The summed E-state index contributed by atoms with van der Waals surface area (Å²) >= 11 is 0. The van der Waals surface area contributed by atoms with Crippen LogP contribution < -0.4 is 0 Å². The lowest BCUT2D eigenvalue weighted by Crippen LogP contribution is -1.94. The molecule has 42 heavy (non-hydrogen) atoms. The number of rotatable bonds is 20. The van der Waals surface area contributed by atoms with Crippen LogP contribution in [0.1, 0.15) is 115 Å². The SMILES string of the molecule is CCCCCCCCCCCCCCCCCCON=CCc1ccc2c3cccc4cccc(c5cccc1c52)c43. The summed E-state index contributed by atoms with van der Waals surface area (Å²) in [5.41, 5.74) is 1.30. The minimum absolute atomic E-state index is 0.722. The summed E-state index contributed by atoms with van der Waals surface area (Å²) in [6.07, 6.45) is 24.9. The molecule has 0 saturated carbocycles. The molecule has 0 radical (unpaired) electrons. The van der Waals surface area contributed by atoms with E-state index >= 15 is 0 Å². The van der Waals surface area contributed by atoms with Gasteiger partial charge >= 0.3 is 0 Å². The Hall–Kier alpha value is -3.13. The maximum Gasteiger partial charge on any atom is 0.117 e. The molecular formula is C40H51NO. The van der Waals surface area contributed by atoms with Crippen LogP contribution in [-0.4, -0.2) is 12.8 Å². The Balaban J connectivity index is 0.978. The van der Waals surface area contributed by atoms with Gasteiger partial charge in [-0.2, -0.15) is 0 Å². The summed E-state index contributed by atoms with van der Waals surface area (Å²) < 4.78 is 0. The van der Waals surface area contributed by atoms with Crippen molar-refractivity contribution in [2.24, 2.45) is 5.16 Å². The molecule has 0 bridgehead atoms. The number of benzene rings is 5. The standard InChI is InChI=1S/C40H51NO/c1-2-3-4-5-6-7-8-9-10-11-12-13-14-15-16-17-31-42-41-30-29-32-27-28-38-36-25-19-22-33-21-18-24-35(39(33)36)37-26-20-23-34(32)40(37)38/h18-28,30H,2-17,29,31H2,1H3. The zero-order valence-electron chi connectivity index (χ0n) is 26.0. The first-order valence-corrected chi connectivity index (χ1v) is 17.1. The van der Waals surface area contributed by atoms with Crippen molar-refractivity contribution in [2.45, 2.75) is 116 Å². The van der Waals surface area contributed by atoms with E-state index in [2.05, 4.69) is 78.8 Å². The molecule has 5 aromatic carbocycles. The van der Waals surface area contributed by atoms with E-state index in [4.69, 9.17) is 4.84 Å². The monoisotopic (exact) mass is 561 g/mol. The highest BCUT2D eigenvalue weighted by Gasteiger charge is 2.13. The van der Waals surface area contributed by atoms with Crippen LogP contribution in [0.3, 0.4) is 0 Å². The second-order valence-corrected chi connectivity index (χ2v) is 12.3. The molecule has 0 aromatic heterocycles. The third-order valence-corrected chi connectivity index (χ3v) is 9.17. The number of fused-ring (bicyclic) bond motifs is 2. The summed E-state index contributed by atoms with van der Waals surface area (Å²) in [5.74, 6) is 0. The van der Waals surface area contributed by atoms with Crippen LogP contribution in [0.4, 0.5) is 0 Å². The van der Waals surface area contributed by atoms with Crippen LogP contribution in [0, 0.1) is 0 Å². The van der Waals surface area contributed by atoms with E-state index in [0.717, 1.165) is 19.4 Å². The van der Waals surface area contributed by atoms with Crippen molar-refractivity contribution >= 4 is 49.3 Å². The largest absolute Gasteiger partial charge is 0.396 e. The number of nitrogens with zero attached hydrogens (tertiary/aromatic N) is 1. The Morgan fingerprint density at radius 3 is 1.57 bits per heavy atom. The highest BCUT2D eigenvalue weighted by Crippen LogP contribution is 2.40. The fourth-order valence-electron chi connectivity index (χ4n) is 6.84. The third-order valence-electron chi connectivity index (χ3n) is 9.17. The molecule has 2 nitrogen and oxygen atoms in total. The van der Waals surface area contributed by atoms with E-state index in [1.807, 2.05) is 6.21 Å². The lowest BCUT2D eigenvalue weighted by molar-refractivity contribution is 0.140. The molecule has 0 heterocycles. The van der Waals surface area contributed by atoms with Gasteiger partial charge in [-0.25, -0.2) is 0 Å². The van der Waals surface area contributed by atoms with Crippen molar-refractivity contribution < 1.29 is 4.84 Å². The van der Waals surface area contributed by atoms with Crippen molar-refractivity contribution in [1.29, 1.82) is 0 Å². The number of hydrogen-bond donors (Lipinski definition) is 0. The van der Waals surface area contributed by atoms with Gasteiger partial charge in [0.25, 0.3) is 0 Å². The number of hydrogen-bond acceptors (Lipinski definition) is 2. The zero-order chi connectivity index (χ0) is 28.8. The molecule has 0 unspecified atom stereocenters. The topological polar surface area (TPSA) is 21.6 Å². The zero-order valence-corrected chi connectivity index (χ0v) is 26.0. The van der Waals surface area contributed by atoms with Gasteiger partial charge in [-0.1, -0.05) is 169 Å². The average molecular weight is 562 g/mol. The van der Waals surface area contributed by atoms with E-state index in [1.54, 1.807) is 0 Å². The molecule has 0 fully saturated rings. The first-order valence-electron chi connectivity index (χ1n) is 17.1. The normalized spacial score (nSPS) is 12.1. The second-order valence-electron chi connectivity index (χ2n) is 12.3. The van der Waals surface area contributed by atoms with E-state index in [0.29, 0.717) is 0 Å².